The molecule has 0 aliphatic carbocycles. The molecule has 0 bridgehead atoms. The minimum absolute atomic E-state index is 0.391. The number of oxazole rings is 1. The van der Waals surface area contributed by atoms with Gasteiger partial charge in [-0.15, -0.1) is 0 Å². The number of aromatic nitrogens is 1. The number of benzene rings is 2. The zero-order valence-electron chi connectivity index (χ0n) is 10.4. The van der Waals surface area contributed by atoms with Gasteiger partial charge in [-0.1, -0.05) is 59.6 Å². The SMILES string of the molecule is Cc1ccc(-c2oc(-c3ccccc3)nc2Cl)cc1. The summed E-state index contributed by atoms with van der Waals surface area (Å²) in [6.45, 7) is 2.04. The summed E-state index contributed by atoms with van der Waals surface area (Å²) in [4.78, 5) is 4.28. The fourth-order valence-corrected chi connectivity index (χ4v) is 2.11. The monoisotopic (exact) mass is 269 g/mol. The molecule has 0 aliphatic heterocycles. The van der Waals surface area contributed by atoms with Gasteiger partial charge in [0, 0.05) is 11.1 Å². The van der Waals surface area contributed by atoms with Crippen LogP contribution >= 0.6 is 11.6 Å². The van der Waals surface area contributed by atoms with E-state index in [0.717, 1.165) is 11.1 Å². The van der Waals surface area contributed by atoms with E-state index < -0.39 is 0 Å². The normalized spacial score (nSPS) is 10.6. The maximum absolute atomic E-state index is 6.16. The second-order valence-electron chi connectivity index (χ2n) is 4.37. The van der Waals surface area contributed by atoms with Crippen molar-refractivity contribution in [2.45, 2.75) is 6.92 Å². The molecule has 0 spiro atoms. The van der Waals surface area contributed by atoms with Crippen LogP contribution in [0.3, 0.4) is 0 Å². The van der Waals surface area contributed by atoms with Crippen molar-refractivity contribution in [1.29, 1.82) is 0 Å². The summed E-state index contributed by atoms with van der Waals surface area (Å²) in [5.41, 5.74) is 3.05. The Balaban J connectivity index is 2.05. The third-order valence-electron chi connectivity index (χ3n) is 2.92. The molecule has 0 radical (unpaired) electrons. The van der Waals surface area contributed by atoms with E-state index in [9.17, 15) is 0 Å². The van der Waals surface area contributed by atoms with Gasteiger partial charge in [-0.3, -0.25) is 0 Å². The topological polar surface area (TPSA) is 26.0 Å². The molecule has 0 atom stereocenters. The number of hydrogen-bond donors (Lipinski definition) is 0. The van der Waals surface area contributed by atoms with Gasteiger partial charge in [-0.25, -0.2) is 0 Å². The van der Waals surface area contributed by atoms with Crippen LogP contribution in [-0.4, -0.2) is 4.98 Å². The maximum atomic E-state index is 6.16. The molecule has 0 N–H and O–H groups in total. The molecular formula is C16H12ClNO. The Bertz CT molecular complexity index is 687. The Morgan fingerprint density at radius 2 is 1.58 bits per heavy atom. The molecule has 3 rings (SSSR count). The quantitative estimate of drug-likeness (QED) is 0.656. The lowest BCUT2D eigenvalue weighted by Crippen LogP contribution is -1.76. The van der Waals surface area contributed by atoms with E-state index in [1.54, 1.807) is 0 Å². The van der Waals surface area contributed by atoms with Crippen LogP contribution in [0, 0.1) is 6.92 Å². The van der Waals surface area contributed by atoms with Crippen LogP contribution in [0.2, 0.25) is 5.15 Å². The van der Waals surface area contributed by atoms with Gasteiger partial charge in [0.1, 0.15) is 0 Å². The van der Waals surface area contributed by atoms with Crippen LogP contribution in [0.4, 0.5) is 0 Å². The minimum Gasteiger partial charge on any atom is -0.434 e. The number of hydrogen-bond acceptors (Lipinski definition) is 2. The summed E-state index contributed by atoms with van der Waals surface area (Å²) in [6, 6.07) is 17.7. The maximum Gasteiger partial charge on any atom is 0.228 e. The second-order valence-corrected chi connectivity index (χ2v) is 4.73. The zero-order chi connectivity index (χ0) is 13.2. The van der Waals surface area contributed by atoms with Crippen molar-refractivity contribution in [2.75, 3.05) is 0 Å². The summed E-state index contributed by atoms with van der Waals surface area (Å²) < 4.78 is 5.78. The lowest BCUT2D eigenvalue weighted by molar-refractivity contribution is 0.589. The van der Waals surface area contributed by atoms with Gasteiger partial charge < -0.3 is 4.42 Å². The third-order valence-corrected chi connectivity index (χ3v) is 3.18. The largest absolute Gasteiger partial charge is 0.434 e. The Kier molecular flexibility index (Phi) is 3.10. The van der Waals surface area contributed by atoms with Crippen LogP contribution in [0.5, 0.6) is 0 Å². The van der Waals surface area contributed by atoms with E-state index in [0.29, 0.717) is 16.8 Å². The van der Waals surface area contributed by atoms with Crippen LogP contribution in [0.25, 0.3) is 22.8 Å². The minimum atomic E-state index is 0.391. The van der Waals surface area contributed by atoms with Crippen molar-refractivity contribution >= 4 is 11.6 Å². The lowest BCUT2D eigenvalue weighted by atomic mass is 10.1. The fourth-order valence-electron chi connectivity index (χ4n) is 1.89. The first kappa shape index (κ1) is 12.0. The van der Waals surface area contributed by atoms with E-state index >= 15 is 0 Å². The van der Waals surface area contributed by atoms with Crippen LogP contribution in [0.1, 0.15) is 5.56 Å². The Hall–Kier alpha value is -2.06. The molecule has 3 heteroatoms. The Morgan fingerprint density at radius 3 is 2.26 bits per heavy atom. The van der Waals surface area contributed by atoms with Crippen molar-refractivity contribution < 1.29 is 4.42 Å². The average molecular weight is 270 g/mol. The first-order chi connectivity index (χ1) is 9.24. The average Bonchev–Trinajstić information content (AvgIpc) is 2.83. The smallest absolute Gasteiger partial charge is 0.228 e. The summed E-state index contributed by atoms with van der Waals surface area (Å²) in [6.07, 6.45) is 0. The van der Waals surface area contributed by atoms with Gasteiger partial charge in [0.15, 0.2) is 10.9 Å². The molecule has 0 fully saturated rings. The molecule has 1 heterocycles. The molecule has 94 valence electrons. The first-order valence-corrected chi connectivity index (χ1v) is 6.40. The fraction of sp³-hybridized carbons (Fsp3) is 0.0625. The summed E-state index contributed by atoms with van der Waals surface area (Å²) in [5, 5.41) is 0.391. The van der Waals surface area contributed by atoms with Crippen LogP contribution in [0.15, 0.2) is 59.0 Å². The number of aryl methyl sites for hydroxylation is 1. The van der Waals surface area contributed by atoms with Crippen LogP contribution in [-0.2, 0) is 0 Å². The van der Waals surface area contributed by atoms with Crippen molar-refractivity contribution in [3.05, 3.63) is 65.3 Å². The van der Waals surface area contributed by atoms with E-state index in [1.807, 2.05) is 61.5 Å². The van der Waals surface area contributed by atoms with Gasteiger partial charge in [-0.2, -0.15) is 4.98 Å². The molecule has 19 heavy (non-hydrogen) atoms. The number of nitrogens with zero attached hydrogens (tertiary/aromatic N) is 1. The van der Waals surface area contributed by atoms with E-state index in [2.05, 4.69) is 4.98 Å². The van der Waals surface area contributed by atoms with Crippen molar-refractivity contribution in [2.24, 2.45) is 0 Å². The van der Waals surface area contributed by atoms with E-state index in [1.165, 1.54) is 5.56 Å². The van der Waals surface area contributed by atoms with Gasteiger partial charge in [0.25, 0.3) is 0 Å². The van der Waals surface area contributed by atoms with Gasteiger partial charge in [0.2, 0.25) is 5.89 Å². The standard InChI is InChI=1S/C16H12ClNO/c1-11-7-9-12(10-8-11)14-15(17)18-16(19-14)13-5-3-2-4-6-13/h2-10H,1H3. The van der Waals surface area contributed by atoms with Gasteiger partial charge in [0.05, 0.1) is 0 Å². The molecule has 0 saturated heterocycles. The molecule has 2 nitrogen and oxygen atoms in total. The molecule has 3 aromatic rings. The van der Waals surface area contributed by atoms with Crippen molar-refractivity contribution in [3.8, 4) is 22.8 Å². The molecule has 0 saturated carbocycles. The van der Waals surface area contributed by atoms with E-state index in [-0.39, 0.29) is 0 Å². The van der Waals surface area contributed by atoms with Crippen molar-refractivity contribution in [1.82, 2.24) is 4.98 Å². The van der Waals surface area contributed by atoms with Crippen LogP contribution < -0.4 is 0 Å². The Labute approximate surface area is 116 Å². The third kappa shape index (κ3) is 2.40. The van der Waals surface area contributed by atoms with E-state index in [4.69, 9.17) is 16.0 Å². The molecule has 0 amide bonds. The molecule has 2 aromatic carbocycles. The lowest BCUT2D eigenvalue weighted by Gasteiger charge is -1.98. The highest BCUT2D eigenvalue weighted by atomic mass is 35.5. The predicted molar refractivity (Wildman–Crippen MR) is 77.1 cm³/mol. The number of halogens is 1. The molecule has 0 aliphatic rings. The Morgan fingerprint density at radius 1 is 0.895 bits per heavy atom. The molecule has 1 aromatic heterocycles. The molecule has 0 unspecified atom stereocenters. The van der Waals surface area contributed by atoms with Gasteiger partial charge >= 0.3 is 0 Å². The number of rotatable bonds is 2. The highest BCUT2D eigenvalue weighted by Gasteiger charge is 2.14. The summed E-state index contributed by atoms with van der Waals surface area (Å²) >= 11 is 6.16. The van der Waals surface area contributed by atoms with Crippen molar-refractivity contribution in [3.63, 3.8) is 0 Å². The second kappa shape index (κ2) is 4.90. The summed E-state index contributed by atoms with van der Waals surface area (Å²) in [5.74, 6) is 1.15. The highest BCUT2D eigenvalue weighted by Crippen LogP contribution is 2.32. The zero-order valence-corrected chi connectivity index (χ0v) is 11.2. The summed E-state index contributed by atoms with van der Waals surface area (Å²) in [7, 11) is 0. The highest BCUT2D eigenvalue weighted by molar-refractivity contribution is 6.31. The first-order valence-electron chi connectivity index (χ1n) is 6.03. The predicted octanol–water partition coefficient (Wildman–Crippen LogP) is 4.97. The van der Waals surface area contributed by atoms with Gasteiger partial charge in [-0.05, 0) is 19.1 Å². The molecular weight excluding hydrogens is 258 g/mol.